The van der Waals surface area contributed by atoms with E-state index in [2.05, 4.69) is 100 Å². The molecular formula is C30H30N8O. The Morgan fingerprint density at radius 3 is 2.56 bits per heavy atom. The molecule has 5 aromatic rings. The second-order valence-electron chi connectivity index (χ2n) is 9.84. The van der Waals surface area contributed by atoms with Gasteiger partial charge in [0.25, 0.3) is 0 Å². The lowest BCUT2D eigenvalue weighted by molar-refractivity contribution is 0.122. The second kappa shape index (κ2) is 9.92. The van der Waals surface area contributed by atoms with Crippen LogP contribution in [0.1, 0.15) is 0 Å². The van der Waals surface area contributed by atoms with Gasteiger partial charge in [-0.2, -0.15) is 9.97 Å². The van der Waals surface area contributed by atoms with E-state index in [0.717, 1.165) is 47.0 Å². The Kier molecular flexibility index (Phi) is 5.97. The van der Waals surface area contributed by atoms with Crippen molar-refractivity contribution in [2.75, 3.05) is 60.3 Å². The van der Waals surface area contributed by atoms with Gasteiger partial charge in [-0.25, -0.2) is 4.98 Å². The molecule has 2 N–H and O–H groups in total. The van der Waals surface area contributed by atoms with Crippen molar-refractivity contribution in [2.45, 2.75) is 6.17 Å². The zero-order valence-electron chi connectivity index (χ0n) is 21.8. The van der Waals surface area contributed by atoms with Crippen LogP contribution in [0, 0.1) is 0 Å². The summed E-state index contributed by atoms with van der Waals surface area (Å²) in [7, 11) is 2.11. The van der Waals surface area contributed by atoms with Crippen LogP contribution in [-0.2, 0) is 4.74 Å². The van der Waals surface area contributed by atoms with Gasteiger partial charge < -0.3 is 25.2 Å². The number of benzene rings is 3. The molecule has 2 aliphatic rings. The molecule has 0 spiro atoms. The summed E-state index contributed by atoms with van der Waals surface area (Å²) in [5.74, 6) is 1.41. The van der Waals surface area contributed by atoms with E-state index < -0.39 is 0 Å². The molecule has 0 bridgehead atoms. The van der Waals surface area contributed by atoms with Gasteiger partial charge in [0.05, 0.1) is 31.1 Å². The number of nitrogens with one attached hydrogen (secondary N) is 2. The number of aromatic nitrogens is 4. The molecule has 1 saturated heterocycles. The van der Waals surface area contributed by atoms with Crippen molar-refractivity contribution >= 4 is 34.3 Å². The summed E-state index contributed by atoms with van der Waals surface area (Å²) in [4.78, 5) is 19.2. The largest absolute Gasteiger partial charge is 0.378 e. The molecule has 39 heavy (non-hydrogen) atoms. The van der Waals surface area contributed by atoms with Crippen molar-refractivity contribution in [3.8, 4) is 16.8 Å². The topological polar surface area (TPSA) is 83.4 Å². The summed E-state index contributed by atoms with van der Waals surface area (Å²) in [5, 5.41) is 7.19. The average molecular weight is 519 g/mol. The van der Waals surface area contributed by atoms with Gasteiger partial charge >= 0.3 is 0 Å². The lowest BCUT2D eigenvalue weighted by Crippen LogP contribution is -2.39. The molecule has 1 atom stereocenters. The molecule has 3 aromatic carbocycles. The molecule has 2 aliphatic heterocycles. The minimum Gasteiger partial charge on any atom is -0.378 e. The van der Waals surface area contributed by atoms with Gasteiger partial charge in [0, 0.05) is 25.8 Å². The van der Waals surface area contributed by atoms with Gasteiger partial charge in [-0.15, -0.1) is 0 Å². The lowest BCUT2D eigenvalue weighted by Gasteiger charge is -2.27. The molecule has 0 amide bonds. The number of likely N-dealkylation sites (N-methyl/N-ethyl adjacent to an activating group) is 1. The Labute approximate surface area is 227 Å². The maximum absolute atomic E-state index is 5.59. The molecule has 0 radical (unpaired) electrons. The number of nitrogens with zero attached hydrogens (tertiary/aromatic N) is 6. The van der Waals surface area contributed by atoms with Crippen molar-refractivity contribution in [3.63, 3.8) is 0 Å². The van der Waals surface area contributed by atoms with Crippen LogP contribution in [0.5, 0.6) is 0 Å². The maximum atomic E-state index is 5.59. The SMILES string of the molecule is CN1c2ccccc2NC1CNc1nc(N2CCOCC2)nc2c1ncn2-c1cccc(-c2ccccc2)c1. The highest BCUT2D eigenvalue weighted by atomic mass is 16.5. The molecule has 9 heteroatoms. The van der Waals surface area contributed by atoms with E-state index in [4.69, 9.17) is 19.7 Å². The standard InChI is InChI=1S/C30H30N8O/c1-36-25-13-6-5-12-24(25)33-26(36)19-31-28-27-29(35-30(34-28)37-14-16-39-17-15-37)38(20-32-27)23-11-7-10-22(18-23)21-8-3-2-4-9-21/h2-13,18,20,26,33H,14-17,19H2,1H3,(H,31,34,35). The number of anilines is 4. The van der Waals surface area contributed by atoms with Crippen LogP contribution >= 0.6 is 0 Å². The third-order valence-corrected chi connectivity index (χ3v) is 7.45. The molecule has 4 heterocycles. The first-order valence-corrected chi connectivity index (χ1v) is 13.3. The third kappa shape index (κ3) is 4.40. The number of para-hydroxylation sites is 2. The highest BCUT2D eigenvalue weighted by Crippen LogP contribution is 2.33. The summed E-state index contributed by atoms with van der Waals surface area (Å²) in [6.45, 7) is 3.49. The Bertz CT molecular complexity index is 1610. The lowest BCUT2D eigenvalue weighted by atomic mass is 10.1. The summed E-state index contributed by atoms with van der Waals surface area (Å²) in [5.41, 5.74) is 7.16. The number of fused-ring (bicyclic) bond motifs is 2. The van der Waals surface area contributed by atoms with Gasteiger partial charge in [0.1, 0.15) is 12.5 Å². The van der Waals surface area contributed by atoms with Gasteiger partial charge in [-0.3, -0.25) is 4.57 Å². The second-order valence-corrected chi connectivity index (χ2v) is 9.84. The fraction of sp³-hybridized carbons (Fsp3) is 0.233. The fourth-order valence-electron chi connectivity index (χ4n) is 5.30. The summed E-state index contributed by atoms with van der Waals surface area (Å²) >= 11 is 0. The van der Waals surface area contributed by atoms with Crippen LogP contribution in [0.2, 0.25) is 0 Å². The number of ether oxygens (including phenoxy) is 1. The third-order valence-electron chi connectivity index (χ3n) is 7.45. The first-order chi connectivity index (χ1) is 19.2. The number of imidazole rings is 1. The van der Waals surface area contributed by atoms with Crippen molar-refractivity contribution in [1.82, 2.24) is 19.5 Å². The van der Waals surface area contributed by atoms with E-state index >= 15 is 0 Å². The van der Waals surface area contributed by atoms with E-state index in [-0.39, 0.29) is 6.17 Å². The predicted molar refractivity (Wildman–Crippen MR) is 156 cm³/mol. The normalized spacial score (nSPS) is 16.8. The molecule has 7 rings (SSSR count). The smallest absolute Gasteiger partial charge is 0.229 e. The van der Waals surface area contributed by atoms with Crippen molar-refractivity contribution < 1.29 is 4.74 Å². The summed E-state index contributed by atoms with van der Waals surface area (Å²) in [6.07, 6.45) is 1.93. The molecule has 0 aliphatic carbocycles. The summed E-state index contributed by atoms with van der Waals surface area (Å²) in [6, 6.07) is 27.2. The molecule has 2 aromatic heterocycles. The van der Waals surface area contributed by atoms with Crippen molar-refractivity contribution in [3.05, 3.63) is 85.2 Å². The summed E-state index contributed by atoms with van der Waals surface area (Å²) < 4.78 is 7.64. The van der Waals surface area contributed by atoms with Crippen LogP contribution in [0.25, 0.3) is 28.0 Å². The highest BCUT2D eigenvalue weighted by Gasteiger charge is 2.26. The molecule has 9 nitrogen and oxygen atoms in total. The van der Waals surface area contributed by atoms with Crippen molar-refractivity contribution in [1.29, 1.82) is 0 Å². The van der Waals surface area contributed by atoms with Crippen LogP contribution < -0.4 is 20.4 Å². The van der Waals surface area contributed by atoms with Gasteiger partial charge in [0.15, 0.2) is 17.0 Å². The van der Waals surface area contributed by atoms with Crippen LogP contribution in [-0.4, -0.2) is 65.6 Å². The minimum absolute atomic E-state index is 0.0869. The zero-order chi connectivity index (χ0) is 26.2. The minimum atomic E-state index is 0.0869. The molecular weight excluding hydrogens is 488 g/mol. The maximum Gasteiger partial charge on any atom is 0.229 e. The Morgan fingerprint density at radius 1 is 0.923 bits per heavy atom. The number of morpholine rings is 1. The van der Waals surface area contributed by atoms with E-state index in [1.807, 2.05) is 17.0 Å². The molecule has 196 valence electrons. The zero-order valence-corrected chi connectivity index (χ0v) is 21.8. The number of hydrogen-bond donors (Lipinski definition) is 2. The first kappa shape index (κ1) is 23.5. The number of rotatable bonds is 6. The van der Waals surface area contributed by atoms with Gasteiger partial charge in [-0.1, -0.05) is 54.6 Å². The molecule has 0 saturated carbocycles. The fourth-order valence-corrected chi connectivity index (χ4v) is 5.30. The van der Waals surface area contributed by atoms with Crippen LogP contribution in [0.15, 0.2) is 85.2 Å². The monoisotopic (exact) mass is 518 g/mol. The highest BCUT2D eigenvalue weighted by molar-refractivity contribution is 5.86. The Hall–Kier alpha value is -4.63. The van der Waals surface area contributed by atoms with Crippen LogP contribution in [0.4, 0.5) is 23.1 Å². The van der Waals surface area contributed by atoms with Gasteiger partial charge in [0.2, 0.25) is 5.95 Å². The van der Waals surface area contributed by atoms with Crippen LogP contribution in [0.3, 0.4) is 0 Å². The molecule has 1 unspecified atom stereocenters. The van der Waals surface area contributed by atoms with Gasteiger partial charge in [-0.05, 0) is 35.4 Å². The predicted octanol–water partition coefficient (Wildman–Crippen LogP) is 4.62. The average Bonchev–Trinajstić information content (AvgIpc) is 3.58. The Balaban J connectivity index is 1.25. The Morgan fingerprint density at radius 2 is 1.72 bits per heavy atom. The molecule has 1 fully saturated rings. The van der Waals surface area contributed by atoms with E-state index in [9.17, 15) is 0 Å². The van der Waals surface area contributed by atoms with Crippen molar-refractivity contribution in [2.24, 2.45) is 0 Å². The van der Waals surface area contributed by atoms with E-state index in [1.54, 1.807) is 0 Å². The quantitative estimate of drug-likeness (QED) is 0.337. The van der Waals surface area contributed by atoms with E-state index in [1.165, 1.54) is 11.3 Å². The number of hydrogen-bond acceptors (Lipinski definition) is 8. The first-order valence-electron chi connectivity index (χ1n) is 13.3. The van der Waals surface area contributed by atoms with E-state index in [0.29, 0.717) is 25.7 Å².